The summed E-state index contributed by atoms with van der Waals surface area (Å²) in [6.45, 7) is 5.84. The first-order valence-corrected chi connectivity index (χ1v) is 7.88. The van der Waals surface area contributed by atoms with Crippen molar-refractivity contribution in [1.29, 1.82) is 0 Å². The normalized spacial score (nSPS) is 22.4. The van der Waals surface area contributed by atoms with E-state index >= 15 is 0 Å². The molecule has 0 bridgehead atoms. The summed E-state index contributed by atoms with van der Waals surface area (Å²) in [6, 6.07) is 8.01. The van der Waals surface area contributed by atoms with Gasteiger partial charge in [-0.2, -0.15) is 0 Å². The lowest BCUT2D eigenvalue weighted by Gasteiger charge is -2.22. The molecule has 0 spiro atoms. The molecule has 1 heterocycles. The predicted molar refractivity (Wildman–Crippen MR) is 82.5 cm³/mol. The quantitative estimate of drug-likeness (QED) is 0.870. The van der Waals surface area contributed by atoms with Crippen LogP contribution in [0.2, 0.25) is 0 Å². The first-order valence-electron chi connectivity index (χ1n) is 6.90. The molecule has 1 aliphatic heterocycles. The van der Waals surface area contributed by atoms with Crippen molar-refractivity contribution in [3.63, 3.8) is 0 Å². The van der Waals surface area contributed by atoms with E-state index in [4.69, 9.17) is 0 Å². The van der Waals surface area contributed by atoms with Gasteiger partial charge in [-0.1, -0.05) is 25.1 Å². The van der Waals surface area contributed by atoms with Crippen molar-refractivity contribution in [2.75, 3.05) is 17.6 Å². The summed E-state index contributed by atoms with van der Waals surface area (Å²) in [7, 11) is 0. The lowest BCUT2D eigenvalue weighted by Crippen LogP contribution is -2.35. The molecule has 3 nitrogen and oxygen atoms in total. The van der Waals surface area contributed by atoms with Gasteiger partial charge in [-0.15, -0.1) is 11.8 Å². The minimum absolute atomic E-state index is 0.138. The second kappa shape index (κ2) is 6.44. The van der Waals surface area contributed by atoms with E-state index in [1.54, 1.807) is 11.8 Å². The molecule has 1 amide bonds. The second-order valence-corrected chi connectivity index (χ2v) is 6.67. The maximum absolute atomic E-state index is 12.4. The van der Waals surface area contributed by atoms with Crippen LogP contribution in [0, 0.1) is 0 Å². The van der Waals surface area contributed by atoms with Gasteiger partial charge < -0.3 is 10.6 Å². The maximum Gasteiger partial charge on any atom is 0.240 e. The summed E-state index contributed by atoms with van der Waals surface area (Å²) >= 11 is 1.77. The molecular weight excluding hydrogens is 256 g/mol. The van der Waals surface area contributed by atoms with Crippen LogP contribution in [0.25, 0.3) is 0 Å². The predicted octanol–water partition coefficient (Wildman–Crippen LogP) is 3.02. The zero-order chi connectivity index (χ0) is 13.7. The van der Waals surface area contributed by atoms with E-state index in [0.29, 0.717) is 0 Å². The molecule has 1 aromatic rings. The van der Waals surface area contributed by atoms with Crippen LogP contribution in [0.5, 0.6) is 0 Å². The molecule has 104 valence electrons. The summed E-state index contributed by atoms with van der Waals surface area (Å²) < 4.78 is -0.259. The van der Waals surface area contributed by atoms with E-state index in [9.17, 15) is 4.79 Å². The van der Waals surface area contributed by atoms with Gasteiger partial charge in [0.05, 0.1) is 4.75 Å². The van der Waals surface area contributed by atoms with Crippen molar-refractivity contribution < 1.29 is 4.79 Å². The van der Waals surface area contributed by atoms with Crippen LogP contribution in [-0.2, 0) is 11.3 Å². The number of carbonyl (C=O) groups is 1. The van der Waals surface area contributed by atoms with Crippen molar-refractivity contribution in [1.82, 2.24) is 5.32 Å². The van der Waals surface area contributed by atoms with Gasteiger partial charge in [0.1, 0.15) is 0 Å². The van der Waals surface area contributed by atoms with E-state index in [-0.39, 0.29) is 10.7 Å². The minimum Gasteiger partial charge on any atom is -0.325 e. The van der Waals surface area contributed by atoms with E-state index in [2.05, 4.69) is 23.6 Å². The lowest BCUT2D eigenvalue weighted by molar-refractivity contribution is -0.118. The Morgan fingerprint density at radius 3 is 2.89 bits per heavy atom. The van der Waals surface area contributed by atoms with E-state index in [1.807, 2.05) is 25.1 Å². The standard InChI is InChI=1S/C15H22N2OS/c1-3-16-11-12-7-4-5-8-13(12)17-14(18)15(2)9-6-10-19-15/h4-5,7-8,16H,3,6,9-11H2,1-2H3,(H,17,18). The van der Waals surface area contributed by atoms with Crippen molar-refractivity contribution in [2.24, 2.45) is 0 Å². The van der Waals surface area contributed by atoms with Gasteiger partial charge in [0.15, 0.2) is 0 Å². The average molecular weight is 278 g/mol. The molecular formula is C15H22N2OS. The first-order chi connectivity index (χ1) is 9.15. The molecule has 0 aliphatic carbocycles. The third-order valence-electron chi connectivity index (χ3n) is 3.53. The maximum atomic E-state index is 12.4. The molecule has 1 saturated heterocycles. The number of thioether (sulfide) groups is 1. The highest BCUT2D eigenvalue weighted by Gasteiger charge is 2.37. The number of benzene rings is 1. The zero-order valence-corrected chi connectivity index (χ0v) is 12.5. The topological polar surface area (TPSA) is 41.1 Å². The van der Waals surface area contributed by atoms with Crippen LogP contribution in [0.4, 0.5) is 5.69 Å². The number of nitrogens with one attached hydrogen (secondary N) is 2. The van der Waals surface area contributed by atoms with Crippen LogP contribution < -0.4 is 10.6 Å². The molecule has 2 N–H and O–H groups in total. The second-order valence-electron chi connectivity index (χ2n) is 5.07. The third-order valence-corrected chi connectivity index (χ3v) is 5.05. The average Bonchev–Trinajstić information content (AvgIpc) is 2.86. The van der Waals surface area contributed by atoms with E-state index in [0.717, 1.165) is 42.9 Å². The largest absolute Gasteiger partial charge is 0.325 e. The Hall–Kier alpha value is -1.000. The van der Waals surface area contributed by atoms with Gasteiger partial charge in [0.25, 0.3) is 0 Å². The van der Waals surface area contributed by atoms with Crippen LogP contribution in [0.3, 0.4) is 0 Å². The highest BCUT2D eigenvalue weighted by Crippen LogP contribution is 2.38. The fourth-order valence-electron chi connectivity index (χ4n) is 2.27. The summed E-state index contributed by atoms with van der Waals surface area (Å²) in [4.78, 5) is 12.4. The summed E-state index contributed by atoms with van der Waals surface area (Å²) in [5, 5.41) is 6.40. The zero-order valence-electron chi connectivity index (χ0n) is 11.7. The number of hydrogen-bond acceptors (Lipinski definition) is 3. The van der Waals surface area contributed by atoms with Crippen molar-refractivity contribution in [3.05, 3.63) is 29.8 Å². The Morgan fingerprint density at radius 1 is 1.42 bits per heavy atom. The Balaban J connectivity index is 2.07. The SMILES string of the molecule is CCNCc1ccccc1NC(=O)C1(C)CCCS1. The Bertz CT molecular complexity index is 442. The molecule has 0 saturated carbocycles. The van der Waals surface area contributed by atoms with Gasteiger partial charge in [0.2, 0.25) is 5.91 Å². The number of rotatable bonds is 5. The van der Waals surface area contributed by atoms with Crippen molar-refractivity contribution in [3.8, 4) is 0 Å². The summed E-state index contributed by atoms with van der Waals surface area (Å²) in [5.41, 5.74) is 2.08. The first kappa shape index (κ1) is 14.4. The van der Waals surface area contributed by atoms with Crippen LogP contribution >= 0.6 is 11.8 Å². The number of anilines is 1. The number of amides is 1. The molecule has 1 unspecified atom stereocenters. The van der Waals surface area contributed by atoms with Crippen LogP contribution in [-0.4, -0.2) is 23.0 Å². The van der Waals surface area contributed by atoms with Gasteiger partial charge in [-0.05, 0) is 43.7 Å². The molecule has 2 rings (SSSR count). The monoisotopic (exact) mass is 278 g/mol. The van der Waals surface area contributed by atoms with E-state index in [1.165, 1.54) is 0 Å². The Labute approximate surface area is 119 Å². The highest BCUT2D eigenvalue weighted by atomic mass is 32.2. The van der Waals surface area contributed by atoms with Crippen molar-refractivity contribution in [2.45, 2.75) is 38.0 Å². The van der Waals surface area contributed by atoms with Gasteiger partial charge in [-0.3, -0.25) is 4.79 Å². The molecule has 19 heavy (non-hydrogen) atoms. The molecule has 1 atom stereocenters. The molecule has 4 heteroatoms. The fraction of sp³-hybridized carbons (Fsp3) is 0.533. The van der Waals surface area contributed by atoms with Crippen LogP contribution in [0.15, 0.2) is 24.3 Å². The third kappa shape index (κ3) is 3.51. The van der Waals surface area contributed by atoms with Crippen LogP contribution in [0.1, 0.15) is 32.3 Å². The molecule has 1 aliphatic rings. The number of carbonyl (C=O) groups excluding carboxylic acids is 1. The Morgan fingerprint density at radius 2 is 2.21 bits per heavy atom. The number of hydrogen-bond donors (Lipinski definition) is 2. The molecule has 0 radical (unpaired) electrons. The molecule has 1 aromatic carbocycles. The summed E-state index contributed by atoms with van der Waals surface area (Å²) in [6.07, 6.45) is 2.10. The fourth-order valence-corrected chi connectivity index (χ4v) is 3.48. The number of para-hydroxylation sites is 1. The minimum atomic E-state index is -0.259. The highest BCUT2D eigenvalue weighted by molar-refractivity contribution is 8.01. The summed E-state index contributed by atoms with van der Waals surface area (Å²) in [5.74, 6) is 1.22. The van der Waals surface area contributed by atoms with Crippen molar-refractivity contribution >= 4 is 23.4 Å². The van der Waals surface area contributed by atoms with E-state index < -0.39 is 0 Å². The van der Waals surface area contributed by atoms with Gasteiger partial charge >= 0.3 is 0 Å². The smallest absolute Gasteiger partial charge is 0.240 e. The lowest BCUT2D eigenvalue weighted by atomic mass is 10.0. The Kier molecular flexibility index (Phi) is 4.88. The van der Waals surface area contributed by atoms with Gasteiger partial charge in [-0.25, -0.2) is 0 Å². The molecule has 0 aromatic heterocycles. The van der Waals surface area contributed by atoms with Gasteiger partial charge in [0, 0.05) is 12.2 Å². The molecule has 1 fully saturated rings.